The normalized spacial score (nSPS) is 9.88. The second kappa shape index (κ2) is 19.9. The minimum atomic E-state index is 0. The number of halogens is 4. The average molecular weight is 813 g/mol. The third-order valence-corrected chi connectivity index (χ3v) is 6.96. The Balaban J connectivity index is 0.000000232. The lowest BCUT2D eigenvalue weighted by atomic mass is 10.3. The Bertz CT molecular complexity index is 1530. The molecule has 2 aromatic heterocycles. The van der Waals surface area contributed by atoms with Crippen molar-refractivity contribution in [2.75, 3.05) is 9.77 Å². The summed E-state index contributed by atoms with van der Waals surface area (Å²) in [6.07, 6.45) is 6.51. The van der Waals surface area contributed by atoms with Gasteiger partial charge in [0.15, 0.2) is 11.0 Å². The monoisotopic (exact) mass is 812 g/mol. The molecule has 0 aliphatic carbocycles. The summed E-state index contributed by atoms with van der Waals surface area (Å²) >= 11 is 11.9. The minimum Gasteiger partial charge on any atom is -1.00 e. The highest BCUT2D eigenvalue weighted by Gasteiger charge is 2.15. The summed E-state index contributed by atoms with van der Waals surface area (Å²) < 4.78 is 7.96. The van der Waals surface area contributed by atoms with E-state index in [2.05, 4.69) is 134 Å². The van der Waals surface area contributed by atoms with Gasteiger partial charge < -0.3 is 24.0 Å². The number of imidazole rings is 2. The molecule has 6 aromatic rings. The molecule has 0 N–H and O–H groups in total. The fraction of sp³-hybridized carbons (Fsp3) is 0.212. The fourth-order valence-corrected chi connectivity index (χ4v) is 4.14. The van der Waals surface area contributed by atoms with E-state index >= 15 is 0 Å². The zero-order chi connectivity index (χ0) is 28.6. The smallest absolute Gasteiger partial charge is 0.249 e. The van der Waals surface area contributed by atoms with Crippen LogP contribution in [0.1, 0.15) is 26.7 Å². The van der Waals surface area contributed by atoms with Crippen LogP contribution in [0.2, 0.25) is 0 Å². The maximum Gasteiger partial charge on any atom is 0.249 e. The van der Waals surface area contributed by atoms with Crippen molar-refractivity contribution in [1.82, 2.24) is 14.1 Å². The summed E-state index contributed by atoms with van der Waals surface area (Å²) in [5, 5.41) is 0.194. The number of alkyl halides is 3. The van der Waals surface area contributed by atoms with Crippen LogP contribution >= 0.6 is 45.8 Å². The molecule has 0 bridgehead atoms. The Morgan fingerprint density at radius 1 is 0.683 bits per heavy atom. The molecule has 2 heterocycles. The van der Waals surface area contributed by atoms with E-state index in [0.29, 0.717) is 0 Å². The number of hydrogen-bond donors (Lipinski definition) is 0. The summed E-state index contributed by atoms with van der Waals surface area (Å²) in [6, 6.07) is 37.4. The molecule has 0 radical (unpaired) electrons. The van der Waals surface area contributed by atoms with E-state index in [1.165, 1.54) is 27.6 Å². The van der Waals surface area contributed by atoms with Crippen LogP contribution in [0.4, 0.5) is 0 Å². The second-order valence-electron chi connectivity index (χ2n) is 8.73. The molecule has 0 saturated carbocycles. The number of nitrogens with zero attached hydrogens (tertiary/aromatic N) is 4. The number of benzene rings is 4. The number of aromatic nitrogens is 4. The van der Waals surface area contributed by atoms with Crippen LogP contribution in [-0.2, 0) is 6.54 Å². The summed E-state index contributed by atoms with van der Waals surface area (Å²) in [5.41, 5.74) is 7.08. The molecule has 216 valence electrons. The van der Waals surface area contributed by atoms with Crippen molar-refractivity contribution >= 4 is 67.9 Å². The standard InChI is InChI=1S/C16H17N2.C13H10N2.C3H7I.CH2Cl2.HI/c1-2-12-17-13-18(14-8-4-3-5-9-14)16-11-7-6-10-15(16)17;1-2-6-11(7-3-1)15-10-14-12-8-4-5-9-13(12)15;1-2-3-4;2-1-3;/h3-11,13H,2,12H2,1H3;1-10H;2-3H2,1H3;1H2;1H/q+1;;;;/p-1. The Kier molecular flexibility index (Phi) is 17.0. The summed E-state index contributed by atoms with van der Waals surface area (Å²) in [4.78, 5) is 4.36. The van der Waals surface area contributed by atoms with Crippen LogP contribution in [0.25, 0.3) is 33.4 Å². The van der Waals surface area contributed by atoms with Crippen LogP contribution in [0.15, 0.2) is 122 Å². The maximum atomic E-state index is 4.76. The molecule has 0 unspecified atom stereocenters. The van der Waals surface area contributed by atoms with E-state index < -0.39 is 0 Å². The maximum absolute atomic E-state index is 4.76. The molecule has 4 aromatic carbocycles. The second-order valence-corrected chi connectivity index (χ2v) is 10.6. The van der Waals surface area contributed by atoms with Crippen molar-refractivity contribution in [3.05, 3.63) is 122 Å². The lowest BCUT2D eigenvalue weighted by molar-refractivity contribution is -0.671. The van der Waals surface area contributed by atoms with Gasteiger partial charge in [-0.3, -0.25) is 4.57 Å². The van der Waals surface area contributed by atoms with Crippen molar-refractivity contribution in [3.8, 4) is 11.4 Å². The number of fused-ring (bicyclic) bond motifs is 2. The molecular weight excluding hydrogens is 777 g/mol. The lowest BCUT2D eigenvalue weighted by Gasteiger charge is -2.02. The molecule has 0 aliphatic rings. The number of para-hydroxylation sites is 6. The Labute approximate surface area is 284 Å². The highest BCUT2D eigenvalue weighted by Crippen LogP contribution is 2.18. The lowest BCUT2D eigenvalue weighted by Crippen LogP contribution is -3.00. The zero-order valence-electron chi connectivity index (χ0n) is 23.4. The van der Waals surface area contributed by atoms with Gasteiger partial charge in [-0.1, -0.05) is 97.1 Å². The highest BCUT2D eigenvalue weighted by molar-refractivity contribution is 14.1. The number of hydrogen-bond acceptors (Lipinski definition) is 1. The summed E-state index contributed by atoms with van der Waals surface area (Å²) in [7, 11) is 0. The van der Waals surface area contributed by atoms with Gasteiger partial charge in [0.05, 0.1) is 22.9 Å². The molecule has 41 heavy (non-hydrogen) atoms. The Morgan fingerprint density at radius 2 is 1.17 bits per heavy atom. The number of rotatable bonds is 5. The van der Waals surface area contributed by atoms with Gasteiger partial charge in [0.25, 0.3) is 0 Å². The van der Waals surface area contributed by atoms with Gasteiger partial charge >= 0.3 is 0 Å². The van der Waals surface area contributed by atoms with Crippen LogP contribution in [0.5, 0.6) is 0 Å². The van der Waals surface area contributed by atoms with E-state index in [1.54, 1.807) is 0 Å². The molecule has 4 nitrogen and oxygen atoms in total. The first-order chi connectivity index (χ1) is 19.7. The Morgan fingerprint density at radius 3 is 1.73 bits per heavy atom. The third-order valence-electron chi connectivity index (χ3n) is 5.88. The van der Waals surface area contributed by atoms with Crippen LogP contribution in [-0.4, -0.2) is 23.9 Å². The van der Waals surface area contributed by atoms with Crippen molar-refractivity contribution < 1.29 is 28.5 Å². The van der Waals surface area contributed by atoms with Gasteiger partial charge in [-0.05, 0) is 65.8 Å². The molecule has 8 heteroatoms. The predicted molar refractivity (Wildman–Crippen MR) is 181 cm³/mol. The van der Waals surface area contributed by atoms with Gasteiger partial charge in [0.2, 0.25) is 6.33 Å². The van der Waals surface area contributed by atoms with E-state index in [0.717, 1.165) is 29.7 Å². The molecule has 0 fully saturated rings. The highest BCUT2D eigenvalue weighted by atomic mass is 127. The first kappa shape index (κ1) is 35.1. The molecule has 0 spiro atoms. The molecular formula is C33H36Cl2I2N4. The minimum absolute atomic E-state index is 0. The van der Waals surface area contributed by atoms with Crippen molar-refractivity contribution in [3.63, 3.8) is 0 Å². The van der Waals surface area contributed by atoms with Gasteiger partial charge in [0, 0.05) is 5.69 Å². The van der Waals surface area contributed by atoms with E-state index in [9.17, 15) is 0 Å². The first-order valence-corrected chi connectivity index (χ1v) is 16.0. The van der Waals surface area contributed by atoms with Crippen molar-refractivity contribution in [2.24, 2.45) is 0 Å². The third kappa shape index (κ3) is 10.3. The van der Waals surface area contributed by atoms with Gasteiger partial charge in [-0.2, -0.15) is 4.57 Å². The Hall–Kier alpha value is -2.14. The van der Waals surface area contributed by atoms with Crippen LogP contribution in [0.3, 0.4) is 0 Å². The van der Waals surface area contributed by atoms with Crippen molar-refractivity contribution in [1.29, 1.82) is 0 Å². The number of aryl methyl sites for hydroxylation is 1. The van der Waals surface area contributed by atoms with E-state index in [4.69, 9.17) is 23.2 Å². The fourth-order valence-electron chi connectivity index (χ4n) is 4.14. The topological polar surface area (TPSA) is 26.6 Å². The molecule has 0 atom stereocenters. The van der Waals surface area contributed by atoms with Gasteiger partial charge in [-0.15, -0.1) is 23.2 Å². The summed E-state index contributed by atoms with van der Waals surface area (Å²) in [5.74, 6) is 0. The quantitative estimate of drug-likeness (QED) is 0.110. The molecule has 0 aliphatic heterocycles. The zero-order valence-corrected chi connectivity index (χ0v) is 29.2. The van der Waals surface area contributed by atoms with Gasteiger partial charge in [-0.25, -0.2) is 9.55 Å². The SMILES string of the molecule is CCCI.CCC[n+]1cn(-c2ccccc2)c2ccccc21.ClCCl.[I-].c1ccc(-n2cnc3ccccc32)cc1. The van der Waals surface area contributed by atoms with Crippen LogP contribution < -0.4 is 28.5 Å². The molecule has 0 amide bonds. The van der Waals surface area contributed by atoms with Crippen LogP contribution in [0, 0.1) is 0 Å². The van der Waals surface area contributed by atoms with Crippen molar-refractivity contribution in [2.45, 2.75) is 33.2 Å². The molecule has 6 rings (SSSR count). The van der Waals surface area contributed by atoms with E-state index in [1.807, 2.05) is 42.7 Å². The predicted octanol–water partition coefficient (Wildman–Crippen LogP) is 6.61. The average Bonchev–Trinajstić information content (AvgIpc) is 3.61. The summed E-state index contributed by atoms with van der Waals surface area (Å²) in [6.45, 7) is 5.44. The largest absolute Gasteiger partial charge is 1.00 e. The molecule has 0 saturated heterocycles. The van der Waals surface area contributed by atoms with E-state index in [-0.39, 0.29) is 29.3 Å². The first-order valence-electron chi connectivity index (χ1n) is 13.4. The van der Waals surface area contributed by atoms with Gasteiger partial charge in [0.1, 0.15) is 12.0 Å².